The van der Waals surface area contributed by atoms with Gasteiger partial charge in [-0.15, -0.1) is 12.4 Å². The lowest BCUT2D eigenvalue weighted by Crippen LogP contribution is -2.41. The highest BCUT2D eigenvalue weighted by molar-refractivity contribution is 5.85. The Kier molecular flexibility index (Phi) is 4.66. The zero-order chi connectivity index (χ0) is 11.7. The number of hydrogen-bond acceptors (Lipinski definition) is 2. The van der Waals surface area contributed by atoms with Crippen LogP contribution in [0.1, 0.15) is 36.8 Å². The quantitative estimate of drug-likeness (QED) is 0.908. The molecule has 2 saturated heterocycles. The molecule has 0 spiro atoms. The third-order valence-corrected chi connectivity index (χ3v) is 4.17. The second-order valence-corrected chi connectivity index (χ2v) is 5.47. The lowest BCUT2D eigenvalue weighted by molar-refractivity contribution is 0.00897. The number of halogens is 1. The number of rotatable bonds is 3. The monoisotopic (exact) mass is 267 g/mol. The molecule has 0 unspecified atom stereocenters. The third-order valence-electron chi connectivity index (χ3n) is 4.17. The minimum atomic E-state index is 0. The second-order valence-electron chi connectivity index (χ2n) is 5.47. The number of nitrogens with one attached hydrogen (secondary N) is 1. The molecular formula is C15H22ClNO. The molecule has 0 amide bonds. The third kappa shape index (κ3) is 3.05. The van der Waals surface area contributed by atoms with E-state index in [4.69, 9.17) is 4.74 Å². The molecule has 2 nitrogen and oxygen atoms in total. The zero-order valence-corrected chi connectivity index (χ0v) is 11.7. The summed E-state index contributed by atoms with van der Waals surface area (Å²) < 4.78 is 6.09. The van der Waals surface area contributed by atoms with Gasteiger partial charge in [0, 0.05) is 12.1 Å². The molecule has 3 atom stereocenters. The summed E-state index contributed by atoms with van der Waals surface area (Å²) in [5, 5.41) is 3.65. The van der Waals surface area contributed by atoms with Gasteiger partial charge in [0.25, 0.3) is 0 Å². The fourth-order valence-corrected chi connectivity index (χ4v) is 3.12. The van der Waals surface area contributed by atoms with E-state index in [2.05, 4.69) is 36.5 Å². The van der Waals surface area contributed by atoms with Crippen LogP contribution < -0.4 is 5.32 Å². The lowest BCUT2D eigenvalue weighted by atomic mass is 10.0. The van der Waals surface area contributed by atoms with Crippen LogP contribution in [0.5, 0.6) is 0 Å². The maximum Gasteiger partial charge on any atom is 0.0723 e. The predicted molar refractivity (Wildman–Crippen MR) is 76.2 cm³/mol. The summed E-state index contributed by atoms with van der Waals surface area (Å²) >= 11 is 0. The molecule has 2 fully saturated rings. The van der Waals surface area contributed by atoms with Crippen molar-refractivity contribution in [2.75, 3.05) is 0 Å². The van der Waals surface area contributed by atoms with Crippen molar-refractivity contribution in [1.29, 1.82) is 0 Å². The molecule has 0 aliphatic carbocycles. The minimum absolute atomic E-state index is 0. The van der Waals surface area contributed by atoms with Crippen molar-refractivity contribution < 1.29 is 4.74 Å². The maximum atomic E-state index is 6.09. The largest absolute Gasteiger partial charge is 0.373 e. The van der Waals surface area contributed by atoms with Gasteiger partial charge in [0.15, 0.2) is 0 Å². The van der Waals surface area contributed by atoms with Crippen LogP contribution in [-0.2, 0) is 11.3 Å². The zero-order valence-electron chi connectivity index (χ0n) is 10.9. The second kappa shape index (κ2) is 6.05. The Bertz CT molecular complexity index is 384. The highest BCUT2D eigenvalue weighted by atomic mass is 35.5. The van der Waals surface area contributed by atoms with Gasteiger partial charge in [0.05, 0.1) is 12.7 Å². The number of piperidine rings is 1. The van der Waals surface area contributed by atoms with E-state index in [1.54, 1.807) is 0 Å². The molecule has 0 aromatic heterocycles. The molecule has 2 aliphatic rings. The Balaban J connectivity index is 0.00000120. The van der Waals surface area contributed by atoms with E-state index in [0.717, 1.165) is 18.7 Å². The van der Waals surface area contributed by atoms with Gasteiger partial charge in [-0.05, 0) is 43.7 Å². The summed E-state index contributed by atoms with van der Waals surface area (Å²) in [6.07, 6.45) is 5.54. The van der Waals surface area contributed by atoms with Crippen LogP contribution >= 0.6 is 12.4 Å². The Morgan fingerprint density at radius 2 is 1.83 bits per heavy atom. The number of aryl methyl sites for hydroxylation is 1. The van der Waals surface area contributed by atoms with Crippen molar-refractivity contribution in [3.8, 4) is 0 Å². The van der Waals surface area contributed by atoms with Crippen molar-refractivity contribution in [3.05, 3.63) is 35.4 Å². The van der Waals surface area contributed by atoms with Crippen molar-refractivity contribution >= 4 is 12.4 Å². The summed E-state index contributed by atoms with van der Waals surface area (Å²) in [5.74, 6) is 0. The number of hydrogen-bond donors (Lipinski definition) is 1. The average Bonchev–Trinajstić information content (AvgIpc) is 2.68. The van der Waals surface area contributed by atoms with Gasteiger partial charge in [-0.25, -0.2) is 0 Å². The molecular weight excluding hydrogens is 246 g/mol. The number of ether oxygens (including phenoxy) is 1. The van der Waals surface area contributed by atoms with Crippen LogP contribution in [-0.4, -0.2) is 18.2 Å². The van der Waals surface area contributed by atoms with E-state index in [1.165, 1.54) is 36.8 Å². The molecule has 0 radical (unpaired) electrons. The van der Waals surface area contributed by atoms with E-state index in [1.807, 2.05) is 0 Å². The maximum absolute atomic E-state index is 6.09. The molecule has 18 heavy (non-hydrogen) atoms. The van der Waals surface area contributed by atoms with Gasteiger partial charge >= 0.3 is 0 Å². The van der Waals surface area contributed by atoms with Gasteiger partial charge in [-0.3, -0.25) is 0 Å². The Morgan fingerprint density at radius 3 is 2.50 bits per heavy atom. The molecule has 2 bridgehead atoms. The lowest BCUT2D eigenvalue weighted by Gasteiger charge is -2.29. The topological polar surface area (TPSA) is 21.3 Å². The molecule has 1 aromatic rings. The first-order valence-electron chi connectivity index (χ1n) is 6.73. The average molecular weight is 268 g/mol. The van der Waals surface area contributed by atoms with E-state index >= 15 is 0 Å². The Labute approximate surface area is 116 Å². The first kappa shape index (κ1) is 13.9. The molecule has 3 rings (SSSR count). The van der Waals surface area contributed by atoms with Crippen LogP contribution in [0.2, 0.25) is 0 Å². The van der Waals surface area contributed by atoms with Crippen molar-refractivity contribution in [3.63, 3.8) is 0 Å². The summed E-state index contributed by atoms with van der Waals surface area (Å²) in [6, 6.07) is 9.95. The van der Waals surface area contributed by atoms with Gasteiger partial charge in [-0.2, -0.15) is 0 Å². The molecule has 100 valence electrons. The minimum Gasteiger partial charge on any atom is -0.373 e. The van der Waals surface area contributed by atoms with Crippen LogP contribution in [0.3, 0.4) is 0 Å². The molecule has 2 aliphatic heterocycles. The van der Waals surface area contributed by atoms with E-state index in [0.29, 0.717) is 6.10 Å². The summed E-state index contributed by atoms with van der Waals surface area (Å²) in [4.78, 5) is 0. The molecule has 1 N–H and O–H groups in total. The van der Waals surface area contributed by atoms with Crippen LogP contribution in [0.25, 0.3) is 0 Å². The van der Waals surface area contributed by atoms with Crippen LogP contribution in [0.4, 0.5) is 0 Å². The van der Waals surface area contributed by atoms with E-state index < -0.39 is 0 Å². The SMILES string of the molecule is Cc1ccccc1CO[C@@H]1C[C@H]2CC[C@@H](C1)N2.Cl. The normalized spacial score (nSPS) is 29.9. The smallest absolute Gasteiger partial charge is 0.0723 e. The molecule has 1 aromatic carbocycles. The van der Waals surface area contributed by atoms with Gasteiger partial charge in [0.2, 0.25) is 0 Å². The highest BCUT2D eigenvalue weighted by Crippen LogP contribution is 2.29. The number of benzene rings is 1. The standard InChI is InChI=1S/C15H21NO.ClH/c1-11-4-2-3-5-12(11)10-17-15-8-13-6-7-14(9-15)16-13;/h2-5,13-16H,6-10H2,1H3;1H/t13-,14+,15-;. The number of fused-ring (bicyclic) bond motifs is 2. The van der Waals surface area contributed by atoms with Gasteiger partial charge in [0.1, 0.15) is 0 Å². The summed E-state index contributed by atoms with van der Waals surface area (Å²) in [5.41, 5.74) is 2.67. The molecule has 3 heteroatoms. The summed E-state index contributed by atoms with van der Waals surface area (Å²) in [7, 11) is 0. The summed E-state index contributed by atoms with van der Waals surface area (Å²) in [6.45, 7) is 2.93. The highest BCUT2D eigenvalue weighted by Gasteiger charge is 2.33. The van der Waals surface area contributed by atoms with Crippen molar-refractivity contribution in [1.82, 2.24) is 5.32 Å². The Morgan fingerprint density at radius 1 is 1.17 bits per heavy atom. The first-order valence-corrected chi connectivity index (χ1v) is 6.73. The molecule has 2 heterocycles. The van der Waals surface area contributed by atoms with Gasteiger partial charge in [-0.1, -0.05) is 24.3 Å². The van der Waals surface area contributed by atoms with Gasteiger partial charge < -0.3 is 10.1 Å². The first-order chi connectivity index (χ1) is 8.31. The fraction of sp³-hybridized carbons (Fsp3) is 0.600. The van der Waals surface area contributed by atoms with E-state index in [9.17, 15) is 0 Å². The van der Waals surface area contributed by atoms with Crippen molar-refractivity contribution in [2.24, 2.45) is 0 Å². The van der Waals surface area contributed by atoms with E-state index in [-0.39, 0.29) is 12.4 Å². The van der Waals surface area contributed by atoms with Crippen LogP contribution in [0, 0.1) is 6.92 Å². The fourth-order valence-electron chi connectivity index (χ4n) is 3.12. The van der Waals surface area contributed by atoms with Crippen molar-refractivity contribution in [2.45, 2.75) is 57.4 Å². The van der Waals surface area contributed by atoms with Crippen LogP contribution in [0.15, 0.2) is 24.3 Å². The molecule has 0 saturated carbocycles. The predicted octanol–water partition coefficient (Wildman–Crippen LogP) is 3.22. The Hall–Kier alpha value is -0.570.